The first-order valence-corrected chi connectivity index (χ1v) is 7.64. The molecule has 1 atom stereocenters. The maximum Gasteiger partial charge on any atom is 0.0928 e. The maximum atomic E-state index is 6.43. The molecule has 1 unspecified atom stereocenters. The van der Waals surface area contributed by atoms with Crippen LogP contribution in [0.3, 0.4) is 0 Å². The summed E-state index contributed by atoms with van der Waals surface area (Å²) in [5.74, 6) is 0. The summed E-state index contributed by atoms with van der Waals surface area (Å²) in [4.78, 5) is 1.02. The number of rotatable bonds is 2. The smallest absolute Gasteiger partial charge is 0.0928 e. The van der Waals surface area contributed by atoms with E-state index in [1.165, 1.54) is 0 Å². The van der Waals surface area contributed by atoms with Crippen molar-refractivity contribution in [2.24, 2.45) is 0 Å². The fourth-order valence-corrected chi connectivity index (χ4v) is 3.68. The van der Waals surface area contributed by atoms with E-state index in [1.54, 1.807) is 11.3 Å². The van der Waals surface area contributed by atoms with Crippen LogP contribution in [0.2, 0.25) is 10.0 Å². The summed E-state index contributed by atoms with van der Waals surface area (Å²) in [7, 11) is 0. The molecule has 0 spiro atoms. The van der Waals surface area contributed by atoms with Gasteiger partial charge in [0.25, 0.3) is 0 Å². The molecular formula is C12H8BrCl3S. The topological polar surface area (TPSA) is 0 Å². The summed E-state index contributed by atoms with van der Waals surface area (Å²) in [5.41, 5.74) is 2.05. The molecule has 2 rings (SSSR count). The number of hydrogen-bond donors (Lipinski definition) is 0. The van der Waals surface area contributed by atoms with Crippen molar-refractivity contribution in [2.75, 3.05) is 0 Å². The largest absolute Gasteiger partial charge is 0.130 e. The van der Waals surface area contributed by atoms with Crippen LogP contribution >= 0.6 is 62.1 Å². The Morgan fingerprint density at radius 3 is 2.41 bits per heavy atom. The lowest BCUT2D eigenvalue weighted by molar-refractivity contribution is 1.17. The number of hydrogen-bond acceptors (Lipinski definition) is 1. The average molecular weight is 371 g/mol. The Morgan fingerprint density at radius 1 is 1.18 bits per heavy atom. The van der Waals surface area contributed by atoms with Gasteiger partial charge in [-0.1, -0.05) is 35.3 Å². The van der Waals surface area contributed by atoms with Gasteiger partial charge in [0.15, 0.2) is 0 Å². The van der Waals surface area contributed by atoms with Crippen LogP contribution in [0.4, 0.5) is 0 Å². The van der Waals surface area contributed by atoms with Crippen LogP contribution in [0.25, 0.3) is 0 Å². The summed E-state index contributed by atoms with van der Waals surface area (Å²) in [6, 6.07) is 7.69. The van der Waals surface area contributed by atoms with Crippen molar-refractivity contribution in [3.63, 3.8) is 0 Å². The third kappa shape index (κ3) is 2.99. The second kappa shape index (κ2) is 5.50. The lowest BCUT2D eigenvalue weighted by Gasteiger charge is -2.09. The van der Waals surface area contributed by atoms with Gasteiger partial charge in [0.05, 0.1) is 14.2 Å². The number of thiophene rings is 1. The monoisotopic (exact) mass is 368 g/mol. The highest BCUT2D eigenvalue weighted by Gasteiger charge is 2.16. The average Bonchev–Trinajstić information content (AvgIpc) is 2.62. The zero-order chi connectivity index (χ0) is 12.6. The van der Waals surface area contributed by atoms with E-state index in [0.29, 0.717) is 5.02 Å². The SMILES string of the molecule is Cc1cc(C(Cl)c2cc(Cl)c(Br)s2)ccc1Cl. The minimum atomic E-state index is -0.195. The molecule has 1 aromatic carbocycles. The Balaban J connectivity index is 2.36. The molecular weight excluding hydrogens is 362 g/mol. The molecule has 0 bridgehead atoms. The highest BCUT2D eigenvalue weighted by Crippen LogP contribution is 2.40. The van der Waals surface area contributed by atoms with Gasteiger partial charge in [0.1, 0.15) is 0 Å². The highest BCUT2D eigenvalue weighted by atomic mass is 79.9. The molecule has 0 radical (unpaired) electrons. The van der Waals surface area contributed by atoms with E-state index in [-0.39, 0.29) is 5.38 Å². The molecule has 0 amide bonds. The fraction of sp³-hybridized carbons (Fsp3) is 0.167. The molecule has 1 heterocycles. The summed E-state index contributed by atoms with van der Waals surface area (Å²) >= 11 is 23.4. The molecule has 0 fully saturated rings. The van der Waals surface area contributed by atoms with Crippen LogP contribution in [0.15, 0.2) is 28.1 Å². The Morgan fingerprint density at radius 2 is 1.88 bits per heavy atom. The van der Waals surface area contributed by atoms with Crippen LogP contribution in [-0.2, 0) is 0 Å². The predicted octanol–water partition coefficient (Wildman–Crippen LogP) is 6.45. The molecule has 90 valence electrons. The van der Waals surface area contributed by atoms with Crippen LogP contribution in [0, 0.1) is 6.92 Å². The fourth-order valence-electron chi connectivity index (χ4n) is 1.48. The number of aryl methyl sites for hydroxylation is 1. The van der Waals surface area contributed by atoms with E-state index in [1.807, 2.05) is 31.2 Å². The molecule has 0 aliphatic heterocycles. The molecule has 0 aliphatic carbocycles. The molecule has 0 nitrogen and oxygen atoms in total. The minimum Gasteiger partial charge on any atom is -0.130 e. The van der Waals surface area contributed by atoms with E-state index in [2.05, 4.69) is 15.9 Å². The third-order valence-electron chi connectivity index (χ3n) is 2.39. The summed E-state index contributed by atoms with van der Waals surface area (Å²) < 4.78 is 0.908. The van der Waals surface area contributed by atoms with E-state index in [4.69, 9.17) is 34.8 Å². The molecule has 0 N–H and O–H groups in total. The summed E-state index contributed by atoms with van der Waals surface area (Å²) in [6.45, 7) is 1.97. The first kappa shape index (κ1) is 13.7. The first-order valence-electron chi connectivity index (χ1n) is 4.84. The van der Waals surface area contributed by atoms with Gasteiger partial charge in [-0.15, -0.1) is 22.9 Å². The molecule has 17 heavy (non-hydrogen) atoms. The lowest BCUT2D eigenvalue weighted by Crippen LogP contribution is -1.91. The molecule has 0 saturated carbocycles. The van der Waals surface area contributed by atoms with Crippen molar-refractivity contribution in [2.45, 2.75) is 12.3 Å². The van der Waals surface area contributed by atoms with Gasteiger partial charge in [-0.2, -0.15) is 0 Å². The van der Waals surface area contributed by atoms with Gasteiger partial charge in [-0.05, 0) is 46.1 Å². The minimum absolute atomic E-state index is 0.195. The Bertz CT molecular complexity index is 531. The Kier molecular flexibility index (Phi) is 4.43. The summed E-state index contributed by atoms with van der Waals surface area (Å²) in [5, 5.41) is 1.25. The van der Waals surface area contributed by atoms with Gasteiger partial charge in [0.2, 0.25) is 0 Å². The molecule has 0 aliphatic rings. The Labute approximate surface area is 128 Å². The van der Waals surface area contributed by atoms with Crippen LogP contribution in [0.1, 0.15) is 21.4 Å². The standard InChI is InChI=1S/C12H8BrCl3S/c1-6-4-7(2-3-8(6)14)11(16)10-5-9(15)12(13)17-10/h2-5,11H,1H3. The third-order valence-corrected chi connectivity index (χ3v) is 5.97. The summed E-state index contributed by atoms with van der Waals surface area (Å²) in [6.07, 6.45) is 0. The van der Waals surface area contributed by atoms with Crippen molar-refractivity contribution in [1.29, 1.82) is 0 Å². The van der Waals surface area contributed by atoms with Gasteiger partial charge in [-0.25, -0.2) is 0 Å². The Hall–Kier alpha value is 0.270. The van der Waals surface area contributed by atoms with Crippen molar-refractivity contribution in [1.82, 2.24) is 0 Å². The van der Waals surface area contributed by atoms with Crippen LogP contribution in [0.5, 0.6) is 0 Å². The second-order valence-electron chi connectivity index (χ2n) is 3.64. The van der Waals surface area contributed by atoms with Crippen LogP contribution < -0.4 is 0 Å². The molecule has 5 heteroatoms. The van der Waals surface area contributed by atoms with Gasteiger partial charge < -0.3 is 0 Å². The van der Waals surface area contributed by atoms with Crippen molar-refractivity contribution in [3.05, 3.63) is 54.1 Å². The van der Waals surface area contributed by atoms with E-state index < -0.39 is 0 Å². The lowest BCUT2D eigenvalue weighted by atomic mass is 10.1. The molecule has 0 saturated heterocycles. The maximum absolute atomic E-state index is 6.43. The molecule has 2 aromatic rings. The van der Waals surface area contributed by atoms with E-state index >= 15 is 0 Å². The van der Waals surface area contributed by atoms with Crippen LogP contribution in [-0.4, -0.2) is 0 Å². The molecule has 1 aromatic heterocycles. The quantitative estimate of drug-likeness (QED) is 0.533. The van der Waals surface area contributed by atoms with Gasteiger partial charge in [0, 0.05) is 9.90 Å². The normalized spacial score (nSPS) is 12.8. The van der Waals surface area contributed by atoms with Gasteiger partial charge in [-0.3, -0.25) is 0 Å². The predicted molar refractivity (Wildman–Crippen MR) is 80.9 cm³/mol. The number of halogens is 4. The van der Waals surface area contributed by atoms with Crippen molar-refractivity contribution in [3.8, 4) is 0 Å². The van der Waals surface area contributed by atoms with Crippen molar-refractivity contribution < 1.29 is 0 Å². The first-order chi connectivity index (χ1) is 7.99. The zero-order valence-corrected chi connectivity index (χ0v) is 13.5. The van der Waals surface area contributed by atoms with E-state index in [0.717, 1.165) is 24.8 Å². The zero-order valence-electron chi connectivity index (χ0n) is 8.81. The number of alkyl halides is 1. The second-order valence-corrected chi connectivity index (χ2v) is 7.29. The van der Waals surface area contributed by atoms with Gasteiger partial charge >= 0.3 is 0 Å². The van der Waals surface area contributed by atoms with Crippen molar-refractivity contribution >= 4 is 62.1 Å². The highest BCUT2D eigenvalue weighted by molar-refractivity contribution is 9.11. The van der Waals surface area contributed by atoms with E-state index in [9.17, 15) is 0 Å². The number of benzene rings is 1.